The number of hydrogen-bond acceptors (Lipinski definition) is 7. The van der Waals surface area contributed by atoms with E-state index in [0.29, 0.717) is 32.2 Å². The molecule has 2 amide bonds. The number of aryl methyl sites for hydroxylation is 1. The summed E-state index contributed by atoms with van der Waals surface area (Å²) in [5, 5.41) is 31.8. The molecular formula is C27H39BF2N4O5. The summed E-state index contributed by atoms with van der Waals surface area (Å²) in [5.41, 5.74) is 0.224. The smallest absolute Gasteiger partial charge is 0.444 e. The molecule has 12 heteroatoms. The topological polar surface area (TPSA) is 126 Å². The summed E-state index contributed by atoms with van der Waals surface area (Å²) < 4.78 is 33.1. The van der Waals surface area contributed by atoms with Crippen molar-refractivity contribution in [2.45, 2.75) is 82.3 Å². The van der Waals surface area contributed by atoms with Crippen molar-refractivity contribution in [3.05, 3.63) is 35.9 Å². The molecule has 2 aliphatic heterocycles. The molecule has 2 fully saturated rings. The van der Waals surface area contributed by atoms with Crippen LogP contribution in [-0.2, 0) is 16.0 Å². The first kappa shape index (κ1) is 30.8. The number of likely N-dealkylation sites (tertiary alicyclic amines) is 2. The molecule has 3 rings (SSSR count). The van der Waals surface area contributed by atoms with Crippen molar-refractivity contribution in [1.29, 1.82) is 5.26 Å². The van der Waals surface area contributed by atoms with Gasteiger partial charge in [0.05, 0.1) is 25.1 Å². The van der Waals surface area contributed by atoms with Gasteiger partial charge in [-0.3, -0.25) is 9.69 Å². The van der Waals surface area contributed by atoms with Crippen LogP contribution in [0.15, 0.2) is 30.3 Å². The third-order valence-electron chi connectivity index (χ3n) is 7.65. The lowest BCUT2D eigenvalue weighted by molar-refractivity contribution is -0.136. The molecule has 2 aliphatic rings. The van der Waals surface area contributed by atoms with E-state index in [2.05, 4.69) is 11.4 Å². The Kier molecular flexibility index (Phi) is 10.7. The first-order valence-electron chi connectivity index (χ1n) is 13.6. The molecule has 0 saturated carbocycles. The molecule has 1 aromatic carbocycles. The molecule has 39 heavy (non-hydrogen) atoms. The second-order valence-electron chi connectivity index (χ2n) is 11.2. The number of nitrogens with one attached hydrogen (secondary N) is 1. The number of hydrogen-bond donors (Lipinski definition) is 3. The Labute approximate surface area is 229 Å². The first-order chi connectivity index (χ1) is 18.4. The number of nitrogens with zero attached hydrogens (tertiary/aromatic N) is 3. The predicted molar refractivity (Wildman–Crippen MR) is 142 cm³/mol. The van der Waals surface area contributed by atoms with E-state index in [9.17, 15) is 33.7 Å². The standard InChI is InChI=1S/C27H39BF2N4O5/c1-26(2,34-15-13-27(29,30)19-34)16-21(17-31)24(35)33-14-7-6-10-22(18-33)39-25(36)32-23(28(37)38)12-11-20-8-4-3-5-9-20/h3-5,8-9,21-23,37-38H,6-7,10-16,18-19H2,1-2H3,(H,32,36)/t21?,22-,23+/m1/s1. The second-order valence-corrected chi connectivity index (χ2v) is 11.2. The van der Waals surface area contributed by atoms with Gasteiger partial charge < -0.3 is 25.0 Å². The third kappa shape index (κ3) is 9.16. The largest absolute Gasteiger partial charge is 0.475 e. The van der Waals surface area contributed by atoms with Crippen molar-refractivity contribution in [2.24, 2.45) is 5.92 Å². The maximum absolute atomic E-state index is 13.8. The summed E-state index contributed by atoms with van der Waals surface area (Å²) in [7, 11) is -1.77. The fraction of sp³-hybridized carbons (Fsp3) is 0.667. The van der Waals surface area contributed by atoms with Crippen molar-refractivity contribution < 1.29 is 33.2 Å². The Morgan fingerprint density at radius 1 is 1.26 bits per heavy atom. The molecule has 2 heterocycles. The maximum Gasteiger partial charge on any atom is 0.475 e. The lowest BCUT2D eigenvalue weighted by atomic mass is 9.76. The van der Waals surface area contributed by atoms with E-state index in [1.54, 1.807) is 18.7 Å². The Morgan fingerprint density at radius 2 is 1.97 bits per heavy atom. The number of alkyl halides is 2. The van der Waals surface area contributed by atoms with Crippen LogP contribution in [0.25, 0.3) is 0 Å². The van der Waals surface area contributed by atoms with Crippen LogP contribution >= 0.6 is 0 Å². The van der Waals surface area contributed by atoms with E-state index < -0.39 is 55.1 Å². The van der Waals surface area contributed by atoms with Crippen LogP contribution in [0.5, 0.6) is 0 Å². The fourth-order valence-corrected chi connectivity index (χ4v) is 5.29. The monoisotopic (exact) mass is 548 g/mol. The number of halogens is 2. The number of carbonyl (C=O) groups is 2. The van der Waals surface area contributed by atoms with Crippen LogP contribution in [0.1, 0.15) is 57.9 Å². The van der Waals surface area contributed by atoms with E-state index in [1.165, 1.54) is 4.90 Å². The summed E-state index contributed by atoms with van der Waals surface area (Å²) in [4.78, 5) is 29.1. The van der Waals surface area contributed by atoms with Crippen LogP contribution < -0.4 is 5.32 Å². The Hall–Kier alpha value is -2.75. The highest BCUT2D eigenvalue weighted by molar-refractivity contribution is 6.43. The molecule has 0 radical (unpaired) electrons. The summed E-state index contributed by atoms with van der Waals surface area (Å²) in [6, 6.07) is 11.5. The van der Waals surface area contributed by atoms with Crippen LogP contribution in [0, 0.1) is 17.2 Å². The number of amides is 2. The van der Waals surface area contributed by atoms with Crippen LogP contribution in [0.4, 0.5) is 13.6 Å². The van der Waals surface area contributed by atoms with Crippen LogP contribution in [0.3, 0.4) is 0 Å². The van der Waals surface area contributed by atoms with Crippen molar-refractivity contribution in [3.8, 4) is 6.07 Å². The van der Waals surface area contributed by atoms with E-state index in [-0.39, 0.29) is 32.4 Å². The van der Waals surface area contributed by atoms with Gasteiger partial charge in [-0.1, -0.05) is 30.3 Å². The van der Waals surface area contributed by atoms with Gasteiger partial charge in [-0.25, -0.2) is 13.6 Å². The molecular weight excluding hydrogens is 509 g/mol. The molecule has 1 unspecified atom stereocenters. The lowest BCUT2D eigenvalue weighted by Crippen LogP contribution is -2.49. The summed E-state index contributed by atoms with van der Waals surface area (Å²) in [6.07, 6.45) is 1.12. The SMILES string of the molecule is CC(C)(CC(C#N)C(=O)N1CCCC[C@@H](OC(=O)N[C@@H](CCc2ccccc2)B(O)O)C1)N1CCC(F)(F)C1. The maximum atomic E-state index is 13.8. The Morgan fingerprint density at radius 3 is 2.59 bits per heavy atom. The van der Waals surface area contributed by atoms with Gasteiger partial charge in [0, 0.05) is 25.0 Å². The molecule has 0 bridgehead atoms. The van der Waals surface area contributed by atoms with E-state index in [4.69, 9.17) is 4.74 Å². The van der Waals surface area contributed by atoms with E-state index in [1.807, 2.05) is 30.3 Å². The number of alkyl carbamates (subject to hydrolysis) is 1. The van der Waals surface area contributed by atoms with Crippen LogP contribution in [0.2, 0.25) is 0 Å². The summed E-state index contributed by atoms with van der Waals surface area (Å²) in [5.74, 6) is -5.14. The predicted octanol–water partition coefficient (Wildman–Crippen LogP) is 2.76. The van der Waals surface area contributed by atoms with Crippen molar-refractivity contribution in [3.63, 3.8) is 0 Å². The minimum atomic E-state index is -2.77. The average Bonchev–Trinajstić information content (AvgIpc) is 3.11. The number of carbonyl (C=O) groups excluding carboxylic acids is 2. The zero-order chi connectivity index (χ0) is 28.6. The minimum absolute atomic E-state index is 0.100. The number of ether oxygens (including phenoxy) is 1. The van der Waals surface area contributed by atoms with Crippen molar-refractivity contribution in [1.82, 2.24) is 15.1 Å². The van der Waals surface area contributed by atoms with E-state index >= 15 is 0 Å². The molecule has 1 aromatic rings. The minimum Gasteiger partial charge on any atom is -0.444 e. The highest BCUT2D eigenvalue weighted by Crippen LogP contribution is 2.35. The molecule has 3 atom stereocenters. The van der Waals surface area contributed by atoms with Crippen LogP contribution in [-0.4, -0.2) is 88.7 Å². The molecule has 0 aliphatic carbocycles. The quantitative estimate of drug-likeness (QED) is 0.384. The molecule has 214 valence electrons. The summed E-state index contributed by atoms with van der Waals surface area (Å²) >= 11 is 0. The molecule has 2 saturated heterocycles. The van der Waals surface area contributed by atoms with Gasteiger partial charge in [-0.2, -0.15) is 5.26 Å². The Bertz CT molecular complexity index is 1010. The number of benzene rings is 1. The number of nitriles is 1. The zero-order valence-corrected chi connectivity index (χ0v) is 22.7. The van der Waals surface area contributed by atoms with Gasteiger partial charge in [-0.15, -0.1) is 0 Å². The molecule has 0 aromatic heterocycles. The van der Waals surface area contributed by atoms with Crippen molar-refractivity contribution >= 4 is 19.1 Å². The summed E-state index contributed by atoms with van der Waals surface area (Å²) in [6.45, 7) is 3.85. The number of rotatable bonds is 10. The fourth-order valence-electron chi connectivity index (χ4n) is 5.29. The second kappa shape index (κ2) is 13.5. The molecule has 9 nitrogen and oxygen atoms in total. The normalized spacial score (nSPS) is 21.4. The lowest BCUT2D eigenvalue weighted by Gasteiger charge is -2.37. The highest BCUT2D eigenvalue weighted by atomic mass is 19.3. The molecule has 3 N–H and O–H groups in total. The Balaban J connectivity index is 1.56. The average molecular weight is 548 g/mol. The van der Waals surface area contributed by atoms with Gasteiger partial charge in [0.1, 0.15) is 12.0 Å². The van der Waals surface area contributed by atoms with Crippen molar-refractivity contribution in [2.75, 3.05) is 26.2 Å². The van der Waals surface area contributed by atoms with Gasteiger partial charge in [-0.05, 0) is 57.9 Å². The van der Waals surface area contributed by atoms with E-state index in [0.717, 1.165) is 5.56 Å². The zero-order valence-electron chi connectivity index (χ0n) is 22.7. The third-order valence-corrected chi connectivity index (χ3v) is 7.65. The first-order valence-corrected chi connectivity index (χ1v) is 13.6. The molecule has 0 spiro atoms. The van der Waals surface area contributed by atoms with Gasteiger partial charge in [0.2, 0.25) is 5.91 Å². The van der Waals surface area contributed by atoms with Gasteiger partial charge >= 0.3 is 13.2 Å². The van der Waals surface area contributed by atoms with Gasteiger partial charge in [0.15, 0.2) is 0 Å². The van der Waals surface area contributed by atoms with Gasteiger partial charge in [0.25, 0.3) is 5.92 Å². The highest BCUT2D eigenvalue weighted by Gasteiger charge is 2.45.